The van der Waals surface area contributed by atoms with E-state index in [1.165, 1.54) is 12.1 Å². The van der Waals surface area contributed by atoms with Crippen LogP contribution in [-0.2, 0) is 9.53 Å². The highest BCUT2D eigenvalue weighted by Gasteiger charge is 2.15. The van der Waals surface area contributed by atoms with Crippen molar-refractivity contribution in [2.24, 2.45) is 0 Å². The molecule has 0 saturated heterocycles. The van der Waals surface area contributed by atoms with Crippen molar-refractivity contribution in [1.82, 2.24) is 4.98 Å². The Balaban J connectivity index is 1.70. The number of H-pyrrole nitrogens is 1. The van der Waals surface area contributed by atoms with Gasteiger partial charge in [-0.2, -0.15) is 0 Å². The minimum Gasteiger partial charge on any atom is -0.452 e. The molecule has 1 amide bonds. The highest BCUT2D eigenvalue weighted by molar-refractivity contribution is 6.31. The van der Waals surface area contributed by atoms with E-state index in [9.17, 15) is 18.8 Å². The lowest BCUT2D eigenvalue weighted by Crippen LogP contribution is -2.22. The number of rotatable bonds is 4. The third kappa shape index (κ3) is 3.89. The molecule has 0 saturated carbocycles. The van der Waals surface area contributed by atoms with Crippen LogP contribution in [0, 0.1) is 5.82 Å². The molecule has 0 aliphatic carbocycles. The molecule has 1 aromatic heterocycles. The highest BCUT2D eigenvalue weighted by Crippen LogP contribution is 2.19. The number of aromatic amines is 1. The van der Waals surface area contributed by atoms with Crippen LogP contribution in [0.3, 0.4) is 0 Å². The van der Waals surface area contributed by atoms with Crippen molar-refractivity contribution in [2.45, 2.75) is 0 Å². The average molecular weight is 375 g/mol. The maximum absolute atomic E-state index is 13.1. The number of esters is 1. The van der Waals surface area contributed by atoms with Gasteiger partial charge >= 0.3 is 5.97 Å². The van der Waals surface area contributed by atoms with Gasteiger partial charge in [-0.3, -0.25) is 9.59 Å². The van der Waals surface area contributed by atoms with E-state index in [0.29, 0.717) is 10.9 Å². The van der Waals surface area contributed by atoms with Gasteiger partial charge in [0.05, 0.1) is 10.6 Å². The molecule has 0 radical (unpaired) electrons. The Labute approximate surface area is 151 Å². The van der Waals surface area contributed by atoms with Crippen LogP contribution in [-0.4, -0.2) is 23.5 Å². The lowest BCUT2D eigenvalue weighted by atomic mass is 10.1. The molecule has 3 aromatic rings. The molecular formula is C18H12ClFN2O4. The largest absolute Gasteiger partial charge is 0.452 e. The molecule has 0 aliphatic heterocycles. The van der Waals surface area contributed by atoms with Gasteiger partial charge in [0.15, 0.2) is 6.61 Å². The summed E-state index contributed by atoms with van der Waals surface area (Å²) in [5.41, 5.74) is 0.347. The zero-order chi connectivity index (χ0) is 18.7. The Morgan fingerprint density at radius 1 is 1.15 bits per heavy atom. The Morgan fingerprint density at radius 2 is 1.92 bits per heavy atom. The number of hydrogen-bond donors (Lipinski definition) is 2. The van der Waals surface area contributed by atoms with Crippen LogP contribution in [0.2, 0.25) is 5.02 Å². The number of halogens is 2. The van der Waals surface area contributed by atoms with Crippen LogP contribution in [0.4, 0.5) is 10.1 Å². The molecule has 0 fully saturated rings. The molecule has 26 heavy (non-hydrogen) atoms. The molecule has 3 rings (SSSR count). The van der Waals surface area contributed by atoms with Crippen molar-refractivity contribution in [2.75, 3.05) is 11.9 Å². The number of fused-ring (bicyclic) bond motifs is 1. The number of carbonyl (C=O) groups is 2. The maximum Gasteiger partial charge on any atom is 0.339 e. The molecule has 0 unspecified atom stereocenters. The molecule has 8 heteroatoms. The van der Waals surface area contributed by atoms with Crippen molar-refractivity contribution in [3.63, 3.8) is 0 Å². The summed E-state index contributed by atoms with van der Waals surface area (Å²) in [6.07, 6.45) is 0. The maximum atomic E-state index is 13.1. The number of benzene rings is 2. The second kappa shape index (κ2) is 7.37. The number of para-hydroxylation sites is 1. The molecule has 6 nitrogen and oxygen atoms in total. The number of aromatic nitrogens is 1. The predicted octanol–water partition coefficient (Wildman–Crippen LogP) is 3.12. The summed E-state index contributed by atoms with van der Waals surface area (Å²) in [6, 6.07) is 11.5. The summed E-state index contributed by atoms with van der Waals surface area (Å²) >= 11 is 5.63. The van der Waals surface area contributed by atoms with E-state index in [1.807, 2.05) is 0 Å². The van der Waals surface area contributed by atoms with Crippen LogP contribution in [0.25, 0.3) is 10.9 Å². The average Bonchev–Trinajstić information content (AvgIpc) is 2.62. The normalized spacial score (nSPS) is 10.5. The van der Waals surface area contributed by atoms with E-state index >= 15 is 0 Å². The minimum absolute atomic E-state index is 0.0574. The van der Waals surface area contributed by atoms with Crippen LogP contribution in [0.1, 0.15) is 10.4 Å². The molecule has 132 valence electrons. The SMILES string of the molecule is O=C(COC(=O)c1cc(=O)[nH]c2ccccc12)Nc1ccc(F)c(Cl)c1. The molecule has 0 bridgehead atoms. The first-order valence-electron chi connectivity index (χ1n) is 7.48. The van der Waals surface area contributed by atoms with Crippen LogP contribution in [0.5, 0.6) is 0 Å². The second-order valence-corrected chi connectivity index (χ2v) is 5.75. The fourth-order valence-electron chi connectivity index (χ4n) is 2.35. The monoisotopic (exact) mass is 374 g/mol. The summed E-state index contributed by atoms with van der Waals surface area (Å²) in [7, 11) is 0. The summed E-state index contributed by atoms with van der Waals surface area (Å²) in [5.74, 6) is -2.05. The fraction of sp³-hybridized carbons (Fsp3) is 0.0556. The molecule has 2 N–H and O–H groups in total. The number of pyridine rings is 1. The van der Waals surface area contributed by atoms with Gasteiger partial charge in [0.25, 0.3) is 5.91 Å². The van der Waals surface area contributed by atoms with Gasteiger partial charge in [0.1, 0.15) is 5.82 Å². The molecule has 2 aromatic carbocycles. The Morgan fingerprint density at radius 3 is 2.69 bits per heavy atom. The van der Waals surface area contributed by atoms with E-state index in [0.717, 1.165) is 12.1 Å². The second-order valence-electron chi connectivity index (χ2n) is 5.35. The van der Waals surface area contributed by atoms with Gasteiger partial charge in [0.2, 0.25) is 5.56 Å². The van der Waals surface area contributed by atoms with Crippen molar-refractivity contribution >= 4 is 40.1 Å². The summed E-state index contributed by atoms with van der Waals surface area (Å²) in [5, 5.41) is 2.79. The lowest BCUT2D eigenvalue weighted by Gasteiger charge is -2.08. The highest BCUT2D eigenvalue weighted by atomic mass is 35.5. The van der Waals surface area contributed by atoms with Crippen LogP contribution < -0.4 is 10.9 Å². The van der Waals surface area contributed by atoms with Crippen molar-refractivity contribution in [3.05, 3.63) is 75.3 Å². The third-order valence-electron chi connectivity index (χ3n) is 3.51. The quantitative estimate of drug-likeness (QED) is 0.687. The molecule has 0 spiro atoms. The van der Waals surface area contributed by atoms with Gasteiger partial charge in [-0.15, -0.1) is 0 Å². The number of nitrogens with one attached hydrogen (secondary N) is 2. The van der Waals surface area contributed by atoms with Crippen LogP contribution >= 0.6 is 11.6 Å². The Bertz CT molecular complexity index is 1060. The number of anilines is 1. The van der Waals surface area contributed by atoms with Gasteiger partial charge in [-0.25, -0.2) is 9.18 Å². The van der Waals surface area contributed by atoms with Crippen molar-refractivity contribution in [3.8, 4) is 0 Å². The standard InChI is InChI=1S/C18H12ClFN2O4/c19-13-7-10(5-6-14(13)20)21-17(24)9-26-18(25)12-8-16(23)22-15-4-2-1-3-11(12)15/h1-8H,9H2,(H,21,24)(H,22,23). The Hall–Kier alpha value is -3.19. The van der Waals surface area contributed by atoms with Gasteiger partial charge in [-0.05, 0) is 24.3 Å². The zero-order valence-electron chi connectivity index (χ0n) is 13.2. The van der Waals surface area contributed by atoms with Gasteiger partial charge in [0, 0.05) is 22.7 Å². The summed E-state index contributed by atoms with van der Waals surface area (Å²) in [4.78, 5) is 38.4. The number of ether oxygens (including phenoxy) is 1. The molecule has 0 aliphatic rings. The number of carbonyl (C=O) groups excluding carboxylic acids is 2. The van der Waals surface area contributed by atoms with Crippen LogP contribution in [0.15, 0.2) is 53.3 Å². The summed E-state index contributed by atoms with van der Waals surface area (Å²) in [6.45, 7) is -0.574. The van der Waals surface area contributed by atoms with E-state index in [1.54, 1.807) is 24.3 Å². The molecular weight excluding hydrogens is 363 g/mol. The number of amides is 1. The third-order valence-corrected chi connectivity index (χ3v) is 3.80. The van der Waals surface area contributed by atoms with Crippen molar-refractivity contribution < 1.29 is 18.7 Å². The van der Waals surface area contributed by atoms with Crippen molar-refractivity contribution in [1.29, 1.82) is 0 Å². The first-order valence-corrected chi connectivity index (χ1v) is 7.86. The topological polar surface area (TPSA) is 88.3 Å². The smallest absolute Gasteiger partial charge is 0.339 e. The molecule has 0 atom stereocenters. The van der Waals surface area contributed by atoms with E-state index in [2.05, 4.69) is 10.3 Å². The minimum atomic E-state index is -0.806. The predicted molar refractivity (Wildman–Crippen MR) is 94.9 cm³/mol. The van der Waals surface area contributed by atoms with E-state index in [4.69, 9.17) is 16.3 Å². The first kappa shape index (κ1) is 17.6. The zero-order valence-corrected chi connectivity index (χ0v) is 14.0. The molecule has 1 heterocycles. The fourth-order valence-corrected chi connectivity index (χ4v) is 2.53. The first-order chi connectivity index (χ1) is 12.4. The summed E-state index contributed by atoms with van der Waals surface area (Å²) < 4.78 is 18.1. The van der Waals surface area contributed by atoms with Gasteiger partial charge < -0.3 is 15.0 Å². The van der Waals surface area contributed by atoms with Gasteiger partial charge in [-0.1, -0.05) is 29.8 Å². The lowest BCUT2D eigenvalue weighted by molar-refractivity contribution is -0.119. The van der Waals surface area contributed by atoms with E-state index in [-0.39, 0.29) is 16.3 Å². The van der Waals surface area contributed by atoms with E-state index < -0.39 is 29.9 Å². The number of hydrogen-bond acceptors (Lipinski definition) is 4. The Kier molecular flexibility index (Phi) is 4.99.